The molecule has 0 saturated carbocycles. The molecule has 0 aliphatic heterocycles. The van der Waals surface area contributed by atoms with E-state index in [4.69, 9.17) is 0 Å². The number of hydrogen-bond donors (Lipinski definition) is 2. The summed E-state index contributed by atoms with van der Waals surface area (Å²) in [7, 11) is 4.00. The van der Waals surface area contributed by atoms with Gasteiger partial charge in [0.05, 0.1) is 0 Å². The number of carbonyl (C=O) groups is 1. The third-order valence-corrected chi connectivity index (χ3v) is 3.21. The summed E-state index contributed by atoms with van der Waals surface area (Å²) in [6, 6.07) is 3.92. The molecule has 112 valence electrons. The molecule has 5 nitrogen and oxygen atoms in total. The molecule has 2 N–H and O–H groups in total. The number of carbonyl (C=O) groups excluding carboxylic acids is 1. The molecule has 5 heteroatoms. The van der Waals surface area contributed by atoms with Crippen LogP contribution in [-0.2, 0) is 0 Å². The van der Waals surface area contributed by atoms with E-state index in [1.807, 2.05) is 27.1 Å². The van der Waals surface area contributed by atoms with Crippen LogP contribution in [0.2, 0.25) is 0 Å². The maximum absolute atomic E-state index is 12.2. The molecule has 1 aromatic heterocycles. The van der Waals surface area contributed by atoms with Crippen LogP contribution in [0.25, 0.3) is 0 Å². The van der Waals surface area contributed by atoms with Crippen molar-refractivity contribution in [2.75, 3.05) is 32.5 Å². The zero-order valence-electron chi connectivity index (χ0n) is 13.2. The van der Waals surface area contributed by atoms with Gasteiger partial charge in [-0.1, -0.05) is 6.92 Å². The first kappa shape index (κ1) is 16.4. The Morgan fingerprint density at radius 3 is 2.70 bits per heavy atom. The van der Waals surface area contributed by atoms with Crippen molar-refractivity contribution in [3.8, 4) is 0 Å². The fourth-order valence-corrected chi connectivity index (χ4v) is 1.67. The quantitative estimate of drug-likeness (QED) is 0.800. The zero-order valence-corrected chi connectivity index (χ0v) is 13.2. The van der Waals surface area contributed by atoms with E-state index >= 15 is 0 Å². The molecule has 0 radical (unpaired) electrons. The van der Waals surface area contributed by atoms with Crippen LogP contribution in [0.5, 0.6) is 0 Å². The second-order valence-corrected chi connectivity index (χ2v) is 5.33. The molecule has 0 aliphatic carbocycles. The van der Waals surface area contributed by atoms with Gasteiger partial charge in [0.1, 0.15) is 5.82 Å². The molecule has 0 aliphatic rings. The summed E-state index contributed by atoms with van der Waals surface area (Å²) in [6.07, 6.45) is 1.03. The number of nitrogens with one attached hydrogen (secondary N) is 2. The van der Waals surface area contributed by atoms with Gasteiger partial charge < -0.3 is 15.5 Å². The Morgan fingerprint density at radius 1 is 1.40 bits per heavy atom. The minimum absolute atomic E-state index is 0.0521. The van der Waals surface area contributed by atoms with Crippen molar-refractivity contribution in [1.29, 1.82) is 0 Å². The summed E-state index contributed by atoms with van der Waals surface area (Å²) in [5.74, 6) is 0.710. The van der Waals surface area contributed by atoms with Crippen molar-refractivity contribution >= 4 is 11.7 Å². The lowest BCUT2D eigenvalue weighted by atomic mass is 10.2. The van der Waals surface area contributed by atoms with E-state index in [-0.39, 0.29) is 5.91 Å². The smallest absolute Gasteiger partial charge is 0.251 e. The maximum Gasteiger partial charge on any atom is 0.251 e. The summed E-state index contributed by atoms with van der Waals surface area (Å²) in [5.41, 5.74) is 1.50. The molecule has 1 atom stereocenters. The van der Waals surface area contributed by atoms with E-state index in [1.54, 1.807) is 6.07 Å². The average Bonchev–Trinajstić information content (AvgIpc) is 2.41. The van der Waals surface area contributed by atoms with Gasteiger partial charge in [-0.15, -0.1) is 0 Å². The molecule has 1 rings (SSSR count). The predicted molar refractivity (Wildman–Crippen MR) is 83.2 cm³/mol. The first-order chi connectivity index (χ1) is 9.43. The molecule has 0 fully saturated rings. The highest BCUT2D eigenvalue weighted by atomic mass is 16.1. The first-order valence-corrected chi connectivity index (χ1v) is 7.11. The highest BCUT2D eigenvalue weighted by molar-refractivity contribution is 5.95. The summed E-state index contributed by atoms with van der Waals surface area (Å²) in [6.45, 7) is 7.56. The number of hydrogen-bond acceptors (Lipinski definition) is 4. The minimum atomic E-state index is -0.0521. The van der Waals surface area contributed by atoms with E-state index in [9.17, 15) is 4.79 Å². The Bertz CT molecular complexity index is 445. The molecule has 1 unspecified atom stereocenters. The van der Waals surface area contributed by atoms with E-state index in [2.05, 4.69) is 34.4 Å². The molecule has 0 aromatic carbocycles. The number of amides is 1. The number of pyridine rings is 1. The van der Waals surface area contributed by atoms with Crippen molar-refractivity contribution in [3.05, 3.63) is 23.4 Å². The monoisotopic (exact) mass is 278 g/mol. The number of aromatic nitrogens is 1. The zero-order chi connectivity index (χ0) is 15.1. The van der Waals surface area contributed by atoms with Gasteiger partial charge >= 0.3 is 0 Å². The molecule has 0 saturated heterocycles. The number of likely N-dealkylation sites (N-methyl/N-ethyl adjacent to an activating group) is 1. The van der Waals surface area contributed by atoms with E-state index in [0.717, 1.165) is 24.5 Å². The summed E-state index contributed by atoms with van der Waals surface area (Å²) in [5, 5.41) is 6.17. The molecule has 1 heterocycles. The third kappa shape index (κ3) is 5.17. The van der Waals surface area contributed by atoms with Gasteiger partial charge in [0.15, 0.2) is 0 Å². The van der Waals surface area contributed by atoms with Gasteiger partial charge in [0.2, 0.25) is 0 Å². The highest BCUT2D eigenvalue weighted by Gasteiger charge is 2.11. The number of rotatable bonds is 7. The summed E-state index contributed by atoms with van der Waals surface area (Å²) >= 11 is 0. The fraction of sp³-hybridized carbons (Fsp3) is 0.600. The van der Waals surface area contributed by atoms with Gasteiger partial charge in [-0.3, -0.25) is 4.79 Å². The van der Waals surface area contributed by atoms with Gasteiger partial charge in [0.25, 0.3) is 5.91 Å². The molecule has 1 aromatic rings. The Labute approximate surface area is 121 Å². The molecular formula is C15H26N4O. The SMILES string of the molecule is CCCNc1cc(C(=O)NCC(C)N(C)C)cc(C)n1. The molecule has 0 bridgehead atoms. The van der Waals surface area contributed by atoms with Crippen LogP contribution >= 0.6 is 0 Å². The second-order valence-electron chi connectivity index (χ2n) is 5.33. The summed E-state index contributed by atoms with van der Waals surface area (Å²) < 4.78 is 0. The number of anilines is 1. The first-order valence-electron chi connectivity index (χ1n) is 7.11. The standard InChI is InChI=1S/C15H26N4O/c1-6-7-16-14-9-13(8-11(2)18-14)15(20)17-10-12(3)19(4)5/h8-9,12H,6-7,10H2,1-5H3,(H,16,18)(H,17,20). The number of aryl methyl sites for hydroxylation is 1. The lowest BCUT2D eigenvalue weighted by Gasteiger charge is -2.20. The lowest BCUT2D eigenvalue weighted by molar-refractivity contribution is 0.0943. The van der Waals surface area contributed by atoms with Crippen LogP contribution in [0.1, 0.15) is 36.3 Å². The second kappa shape index (κ2) is 7.85. The molecule has 20 heavy (non-hydrogen) atoms. The van der Waals surface area contributed by atoms with Crippen molar-refractivity contribution in [2.24, 2.45) is 0 Å². The fourth-order valence-electron chi connectivity index (χ4n) is 1.67. The van der Waals surface area contributed by atoms with Crippen molar-refractivity contribution in [3.63, 3.8) is 0 Å². The van der Waals surface area contributed by atoms with E-state index < -0.39 is 0 Å². The molecule has 0 spiro atoms. The van der Waals surface area contributed by atoms with Crippen LogP contribution in [0.4, 0.5) is 5.82 Å². The normalized spacial score (nSPS) is 12.3. The van der Waals surface area contributed by atoms with Crippen molar-refractivity contribution in [2.45, 2.75) is 33.2 Å². The van der Waals surface area contributed by atoms with Gasteiger partial charge in [0, 0.05) is 30.4 Å². The van der Waals surface area contributed by atoms with Crippen LogP contribution in [-0.4, -0.2) is 49.0 Å². The summed E-state index contributed by atoms with van der Waals surface area (Å²) in [4.78, 5) is 18.6. The van der Waals surface area contributed by atoms with Crippen LogP contribution in [0.15, 0.2) is 12.1 Å². The number of nitrogens with zero attached hydrogens (tertiary/aromatic N) is 2. The highest BCUT2D eigenvalue weighted by Crippen LogP contribution is 2.10. The Kier molecular flexibility index (Phi) is 6.45. The largest absolute Gasteiger partial charge is 0.370 e. The third-order valence-electron chi connectivity index (χ3n) is 3.21. The van der Waals surface area contributed by atoms with Gasteiger partial charge in [-0.25, -0.2) is 4.98 Å². The van der Waals surface area contributed by atoms with Crippen LogP contribution in [0.3, 0.4) is 0 Å². The van der Waals surface area contributed by atoms with Gasteiger partial charge in [-0.2, -0.15) is 0 Å². The van der Waals surface area contributed by atoms with E-state index in [1.165, 1.54) is 0 Å². The predicted octanol–water partition coefficient (Wildman–Crippen LogP) is 1.89. The van der Waals surface area contributed by atoms with Crippen molar-refractivity contribution < 1.29 is 4.79 Å². The Balaban J connectivity index is 2.69. The van der Waals surface area contributed by atoms with Crippen LogP contribution < -0.4 is 10.6 Å². The van der Waals surface area contributed by atoms with Crippen LogP contribution in [0, 0.1) is 6.92 Å². The Hall–Kier alpha value is -1.62. The lowest BCUT2D eigenvalue weighted by Crippen LogP contribution is -2.38. The molecular weight excluding hydrogens is 252 g/mol. The van der Waals surface area contributed by atoms with E-state index in [0.29, 0.717) is 18.2 Å². The maximum atomic E-state index is 12.2. The molecule has 1 amide bonds. The van der Waals surface area contributed by atoms with Gasteiger partial charge in [-0.05, 0) is 46.5 Å². The topological polar surface area (TPSA) is 57.3 Å². The average molecular weight is 278 g/mol. The van der Waals surface area contributed by atoms with Crippen molar-refractivity contribution in [1.82, 2.24) is 15.2 Å². The Morgan fingerprint density at radius 2 is 2.10 bits per heavy atom. The minimum Gasteiger partial charge on any atom is -0.370 e.